The zero-order chi connectivity index (χ0) is 30.1. The molecule has 2 aromatic heterocycles. The first-order valence-electron chi connectivity index (χ1n) is 15.5. The zero-order valence-corrected chi connectivity index (χ0v) is 27.9. The summed E-state index contributed by atoms with van der Waals surface area (Å²) in [4.78, 5) is 0. The van der Waals surface area contributed by atoms with Gasteiger partial charge in [-0.05, 0) is 66.4 Å². The third kappa shape index (κ3) is 6.13. The smallest absolute Gasteiger partial charge is 0.219 e. The van der Waals surface area contributed by atoms with Crippen molar-refractivity contribution in [2.45, 2.75) is 117 Å². The van der Waals surface area contributed by atoms with Crippen LogP contribution >= 0.6 is 0 Å². The van der Waals surface area contributed by atoms with Crippen molar-refractivity contribution in [1.29, 1.82) is 0 Å². The van der Waals surface area contributed by atoms with E-state index in [1.807, 2.05) is 20.2 Å². The van der Waals surface area contributed by atoms with E-state index in [1.54, 1.807) is 4.68 Å². The lowest BCUT2D eigenvalue weighted by atomic mass is 10.0. The fourth-order valence-corrected chi connectivity index (χ4v) is 11.9. The van der Waals surface area contributed by atoms with Crippen LogP contribution in [0.3, 0.4) is 0 Å². The summed E-state index contributed by atoms with van der Waals surface area (Å²) in [5.74, 6) is 4.67. The summed E-state index contributed by atoms with van der Waals surface area (Å²) in [6, 6.07) is 6.40. The van der Waals surface area contributed by atoms with E-state index in [-0.39, 0.29) is 18.4 Å². The lowest BCUT2D eigenvalue weighted by Gasteiger charge is -2.38. The molecule has 1 aromatic carbocycles. The van der Waals surface area contributed by atoms with Gasteiger partial charge in [-0.2, -0.15) is 10.2 Å². The highest BCUT2D eigenvalue weighted by Gasteiger charge is 2.41. The van der Waals surface area contributed by atoms with Crippen molar-refractivity contribution in [3.63, 3.8) is 0 Å². The lowest BCUT2D eigenvalue weighted by molar-refractivity contribution is -0.0367. The second-order valence-corrected chi connectivity index (χ2v) is 18.7. The first-order chi connectivity index (χ1) is 19.4. The third-order valence-electron chi connectivity index (χ3n) is 9.20. The number of benzene rings is 1. The van der Waals surface area contributed by atoms with E-state index in [0.29, 0.717) is 22.5 Å². The Morgan fingerprint density at radius 1 is 1.02 bits per heavy atom. The van der Waals surface area contributed by atoms with Crippen molar-refractivity contribution < 1.29 is 9.47 Å². The molecule has 8 heteroatoms. The van der Waals surface area contributed by atoms with E-state index in [4.69, 9.17) is 20.3 Å². The molecule has 1 aliphatic rings. The van der Waals surface area contributed by atoms with Gasteiger partial charge >= 0.3 is 0 Å². The van der Waals surface area contributed by atoms with Crippen LogP contribution < -0.4 is 10.5 Å². The highest BCUT2D eigenvalue weighted by atomic mass is 28.3. The molecular formula is C33H51N5O2Si. The number of rotatable bonds is 9. The Balaban J connectivity index is 1.86. The maximum atomic E-state index is 6.43. The molecular weight excluding hydrogens is 526 g/mol. The van der Waals surface area contributed by atoms with Gasteiger partial charge in [-0.1, -0.05) is 67.4 Å². The van der Waals surface area contributed by atoms with Gasteiger partial charge in [-0.15, -0.1) is 5.54 Å². The second-order valence-electron chi connectivity index (χ2n) is 13.1. The molecule has 224 valence electrons. The Kier molecular flexibility index (Phi) is 9.72. The minimum atomic E-state index is -1.94. The van der Waals surface area contributed by atoms with E-state index in [2.05, 4.69) is 94.8 Å². The Morgan fingerprint density at radius 2 is 1.71 bits per heavy atom. The lowest BCUT2D eigenvalue weighted by Crippen LogP contribution is -2.43. The van der Waals surface area contributed by atoms with Crippen molar-refractivity contribution in [2.75, 3.05) is 6.61 Å². The first kappa shape index (κ1) is 31.3. The average molecular weight is 578 g/mol. The Hall–Kier alpha value is -2.60. The predicted octanol–water partition coefficient (Wildman–Crippen LogP) is 7.46. The van der Waals surface area contributed by atoms with Crippen LogP contribution in [0.5, 0.6) is 5.88 Å². The maximum absolute atomic E-state index is 6.43. The molecule has 41 heavy (non-hydrogen) atoms. The molecule has 0 spiro atoms. The van der Waals surface area contributed by atoms with Gasteiger partial charge in [0.2, 0.25) is 5.88 Å². The summed E-state index contributed by atoms with van der Waals surface area (Å²) in [6.07, 6.45) is 4.86. The Morgan fingerprint density at radius 3 is 2.29 bits per heavy atom. The number of hydrogen-bond acceptors (Lipinski definition) is 5. The van der Waals surface area contributed by atoms with Crippen LogP contribution in [0.25, 0.3) is 22.0 Å². The molecule has 3 aromatic rings. The standard InChI is InChI=1S/C33H51N5O2Si/c1-21(2)32(34)25(9)40-33-28(20-35-37(33)10)26-14-15-30-27(19-26)29(36-38(30)31-13-11-12-17-39-31)16-18-41(22(3)4,23(5)6)24(7)8/h14-15,19-25,31-32H,11-13,17,34H2,1-10H3. The van der Waals surface area contributed by atoms with Crippen LogP contribution in [0.2, 0.25) is 16.6 Å². The van der Waals surface area contributed by atoms with Crippen molar-refractivity contribution in [1.82, 2.24) is 19.6 Å². The van der Waals surface area contributed by atoms with Gasteiger partial charge in [0.15, 0.2) is 6.23 Å². The van der Waals surface area contributed by atoms with Gasteiger partial charge in [-0.25, -0.2) is 9.36 Å². The quantitative estimate of drug-likeness (QED) is 0.211. The minimum absolute atomic E-state index is 0.0643. The van der Waals surface area contributed by atoms with Crippen LogP contribution in [0, 0.1) is 17.4 Å². The topological polar surface area (TPSA) is 80.1 Å². The summed E-state index contributed by atoms with van der Waals surface area (Å²) < 4.78 is 16.5. The molecule has 4 rings (SSSR count). The monoisotopic (exact) mass is 577 g/mol. The third-order valence-corrected chi connectivity index (χ3v) is 15.5. The summed E-state index contributed by atoms with van der Waals surface area (Å²) in [6.45, 7) is 21.1. The first-order valence-corrected chi connectivity index (χ1v) is 17.7. The number of fused-ring (bicyclic) bond motifs is 1. The van der Waals surface area contributed by atoms with Crippen molar-refractivity contribution >= 4 is 19.0 Å². The molecule has 7 nitrogen and oxygen atoms in total. The number of ether oxygens (including phenoxy) is 2. The highest BCUT2D eigenvalue weighted by molar-refractivity contribution is 6.90. The molecule has 0 radical (unpaired) electrons. The zero-order valence-electron chi connectivity index (χ0n) is 26.9. The number of nitrogens with zero attached hydrogens (tertiary/aromatic N) is 4. The fraction of sp³-hybridized carbons (Fsp3) is 0.636. The SMILES string of the molecule is CC(C)C(N)C(C)Oc1c(-c2ccc3c(c2)c(C#C[Si](C(C)C)(C(C)C)C(C)C)nn3C2CCCCO2)cnn1C. The van der Waals surface area contributed by atoms with Crippen molar-refractivity contribution in [3.05, 3.63) is 30.1 Å². The van der Waals surface area contributed by atoms with Gasteiger partial charge in [0.25, 0.3) is 0 Å². The summed E-state index contributed by atoms with van der Waals surface area (Å²) in [5.41, 5.74) is 15.8. The number of hydrogen-bond donors (Lipinski definition) is 1. The van der Waals surface area contributed by atoms with E-state index in [1.165, 1.54) is 0 Å². The molecule has 0 amide bonds. The summed E-state index contributed by atoms with van der Waals surface area (Å²) >= 11 is 0. The summed E-state index contributed by atoms with van der Waals surface area (Å²) in [7, 11) is -0.0255. The van der Waals surface area contributed by atoms with E-state index in [9.17, 15) is 0 Å². The normalized spacial score (nSPS) is 17.9. The predicted molar refractivity (Wildman–Crippen MR) is 172 cm³/mol. The number of aryl methyl sites for hydroxylation is 1. The van der Waals surface area contributed by atoms with Crippen LogP contribution in [-0.4, -0.2) is 46.4 Å². The van der Waals surface area contributed by atoms with E-state index >= 15 is 0 Å². The molecule has 1 fully saturated rings. The minimum Gasteiger partial charge on any atom is -0.473 e. The molecule has 3 atom stereocenters. The molecule has 1 aliphatic heterocycles. The van der Waals surface area contributed by atoms with Crippen LogP contribution in [0.1, 0.15) is 93.5 Å². The molecule has 3 heterocycles. The number of nitrogens with two attached hydrogens (primary N) is 1. The van der Waals surface area contributed by atoms with Crippen LogP contribution in [0.4, 0.5) is 0 Å². The van der Waals surface area contributed by atoms with Gasteiger partial charge in [-0.3, -0.25) is 0 Å². The molecule has 1 saturated heterocycles. The Bertz CT molecular complexity index is 1370. The average Bonchev–Trinajstić information content (AvgIpc) is 3.48. The Labute approximate surface area is 248 Å². The van der Waals surface area contributed by atoms with Gasteiger partial charge < -0.3 is 15.2 Å². The van der Waals surface area contributed by atoms with Crippen LogP contribution in [-0.2, 0) is 11.8 Å². The van der Waals surface area contributed by atoms with Gasteiger partial charge in [0.1, 0.15) is 19.9 Å². The van der Waals surface area contributed by atoms with Crippen molar-refractivity contribution in [2.24, 2.45) is 18.7 Å². The van der Waals surface area contributed by atoms with Crippen LogP contribution in [0.15, 0.2) is 24.4 Å². The van der Waals surface area contributed by atoms with E-state index in [0.717, 1.165) is 59.5 Å². The number of aromatic nitrogens is 4. The molecule has 3 unspecified atom stereocenters. The molecule has 2 N–H and O–H groups in total. The fourth-order valence-electron chi connectivity index (χ4n) is 6.70. The van der Waals surface area contributed by atoms with Crippen molar-refractivity contribution in [3.8, 4) is 28.5 Å². The van der Waals surface area contributed by atoms with Gasteiger partial charge in [0.05, 0.1) is 17.3 Å². The van der Waals surface area contributed by atoms with Gasteiger partial charge in [0, 0.05) is 25.1 Å². The second kappa shape index (κ2) is 12.7. The molecule has 0 bridgehead atoms. The molecule has 0 aliphatic carbocycles. The largest absolute Gasteiger partial charge is 0.473 e. The molecule has 0 saturated carbocycles. The highest BCUT2D eigenvalue weighted by Crippen LogP contribution is 2.41. The van der Waals surface area contributed by atoms with E-state index < -0.39 is 8.07 Å². The maximum Gasteiger partial charge on any atom is 0.219 e. The summed E-state index contributed by atoms with van der Waals surface area (Å²) in [5, 5.41) is 10.7.